The van der Waals surface area contributed by atoms with Crippen LogP contribution in [0.1, 0.15) is 21.5 Å². The molecule has 2 N–H and O–H groups in total. The van der Waals surface area contributed by atoms with Crippen LogP contribution in [0.5, 0.6) is 5.75 Å². The monoisotopic (exact) mass is 311 g/mol. The summed E-state index contributed by atoms with van der Waals surface area (Å²) in [6.07, 6.45) is 2.97. The fraction of sp³-hybridized carbons (Fsp3) is 0.111. The molecule has 0 saturated heterocycles. The summed E-state index contributed by atoms with van der Waals surface area (Å²) in [5.74, 6) is -0.810. The van der Waals surface area contributed by atoms with E-state index in [2.05, 4.69) is 5.32 Å². The summed E-state index contributed by atoms with van der Waals surface area (Å²) in [6.45, 7) is 1.92. The first-order valence-electron chi connectivity index (χ1n) is 6.98. The van der Waals surface area contributed by atoms with E-state index in [9.17, 15) is 9.59 Å². The molecule has 0 aliphatic rings. The van der Waals surface area contributed by atoms with Gasteiger partial charge >= 0.3 is 5.97 Å². The Morgan fingerprint density at radius 2 is 1.87 bits per heavy atom. The van der Waals surface area contributed by atoms with Crippen molar-refractivity contribution < 1.29 is 19.4 Å². The van der Waals surface area contributed by atoms with Gasteiger partial charge in [-0.1, -0.05) is 30.3 Å². The van der Waals surface area contributed by atoms with Crippen molar-refractivity contribution in [2.45, 2.75) is 6.92 Å². The van der Waals surface area contributed by atoms with Crippen molar-refractivity contribution in [3.63, 3.8) is 0 Å². The number of nitrogens with one attached hydrogen (secondary N) is 1. The Bertz CT molecular complexity index is 765. The lowest BCUT2D eigenvalue weighted by molar-refractivity contribution is -0.111. The molecular formula is C18H17NO4. The molecule has 0 atom stereocenters. The van der Waals surface area contributed by atoms with E-state index < -0.39 is 11.9 Å². The molecule has 5 nitrogen and oxygen atoms in total. The normalized spacial score (nSPS) is 10.5. The van der Waals surface area contributed by atoms with Gasteiger partial charge in [0.1, 0.15) is 5.75 Å². The lowest BCUT2D eigenvalue weighted by atomic mass is 10.1. The van der Waals surface area contributed by atoms with Crippen LogP contribution in [-0.2, 0) is 4.79 Å². The number of para-hydroxylation sites is 2. The summed E-state index contributed by atoms with van der Waals surface area (Å²) in [6, 6.07) is 11.9. The number of carboxylic acids is 1. The van der Waals surface area contributed by atoms with E-state index in [1.54, 1.807) is 31.4 Å². The number of benzene rings is 2. The quantitative estimate of drug-likeness (QED) is 0.830. The van der Waals surface area contributed by atoms with Gasteiger partial charge in [0, 0.05) is 11.6 Å². The molecule has 0 aliphatic carbocycles. The first-order valence-corrected chi connectivity index (χ1v) is 6.98. The van der Waals surface area contributed by atoms with Crippen LogP contribution in [-0.4, -0.2) is 24.1 Å². The minimum atomic E-state index is -1.09. The van der Waals surface area contributed by atoms with Crippen LogP contribution in [0.15, 0.2) is 48.5 Å². The molecule has 0 fully saturated rings. The molecule has 1 amide bonds. The van der Waals surface area contributed by atoms with Crippen LogP contribution in [0.2, 0.25) is 0 Å². The molecule has 0 aromatic heterocycles. The molecule has 0 unspecified atom stereocenters. The number of rotatable bonds is 5. The first-order chi connectivity index (χ1) is 11.0. The Kier molecular flexibility index (Phi) is 5.15. The standard InChI is InChI=1S/C18H17NO4/c1-12-6-5-7-13(17(12)23-2)10-11-16(20)19-15-9-4-3-8-14(15)18(21)22/h3-11H,1-2H3,(H,19,20)(H,21,22)/b11-10+. The van der Waals surface area contributed by atoms with Crippen LogP contribution in [0, 0.1) is 6.92 Å². The number of carbonyl (C=O) groups excluding carboxylic acids is 1. The van der Waals surface area contributed by atoms with Crippen molar-refractivity contribution in [2.24, 2.45) is 0 Å². The third-order valence-corrected chi connectivity index (χ3v) is 3.28. The van der Waals surface area contributed by atoms with Crippen molar-refractivity contribution in [1.82, 2.24) is 0 Å². The van der Waals surface area contributed by atoms with Gasteiger partial charge in [-0.2, -0.15) is 0 Å². The number of carbonyl (C=O) groups is 2. The second-order valence-electron chi connectivity index (χ2n) is 4.87. The highest BCUT2D eigenvalue weighted by atomic mass is 16.5. The topological polar surface area (TPSA) is 75.6 Å². The zero-order valence-corrected chi connectivity index (χ0v) is 12.9. The van der Waals surface area contributed by atoms with E-state index in [4.69, 9.17) is 9.84 Å². The van der Waals surface area contributed by atoms with E-state index in [0.29, 0.717) is 5.75 Å². The number of anilines is 1. The lowest BCUT2D eigenvalue weighted by Crippen LogP contribution is -2.11. The van der Waals surface area contributed by atoms with Gasteiger partial charge in [0.05, 0.1) is 18.4 Å². The molecule has 23 heavy (non-hydrogen) atoms. The van der Waals surface area contributed by atoms with E-state index in [0.717, 1.165) is 11.1 Å². The Hall–Kier alpha value is -3.08. The van der Waals surface area contributed by atoms with Crippen molar-refractivity contribution in [2.75, 3.05) is 12.4 Å². The molecule has 2 aromatic rings. The predicted octanol–water partition coefficient (Wildman–Crippen LogP) is 3.35. The number of aryl methyl sites for hydroxylation is 1. The minimum absolute atomic E-state index is 0.0439. The summed E-state index contributed by atoms with van der Waals surface area (Å²) in [4.78, 5) is 23.1. The van der Waals surface area contributed by atoms with E-state index in [-0.39, 0.29) is 11.3 Å². The van der Waals surface area contributed by atoms with E-state index in [1.165, 1.54) is 12.1 Å². The van der Waals surface area contributed by atoms with Gasteiger partial charge in [0.15, 0.2) is 0 Å². The minimum Gasteiger partial charge on any atom is -0.496 e. The maximum atomic E-state index is 12.0. The molecule has 0 bridgehead atoms. The Morgan fingerprint density at radius 1 is 1.13 bits per heavy atom. The van der Waals surface area contributed by atoms with Crippen molar-refractivity contribution in [3.05, 3.63) is 65.2 Å². The first kappa shape index (κ1) is 16.3. The second-order valence-corrected chi connectivity index (χ2v) is 4.87. The zero-order valence-electron chi connectivity index (χ0n) is 12.9. The molecule has 118 valence electrons. The highest BCUT2D eigenvalue weighted by molar-refractivity contribution is 6.06. The Morgan fingerprint density at radius 3 is 2.57 bits per heavy atom. The number of hydrogen-bond donors (Lipinski definition) is 2. The maximum absolute atomic E-state index is 12.0. The van der Waals surface area contributed by atoms with E-state index in [1.807, 2.05) is 25.1 Å². The highest BCUT2D eigenvalue weighted by Crippen LogP contribution is 2.24. The second kappa shape index (κ2) is 7.26. The van der Waals surface area contributed by atoms with Crippen molar-refractivity contribution >= 4 is 23.6 Å². The summed E-state index contributed by atoms with van der Waals surface area (Å²) in [7, 11) is 1.57. The van der Waals surface area contributed by atoms with Crippen LogP contribution in [0.3, 0.4) is 0 Å². The number of ether oxygens (including phenoxy) is 1. The van der Waals surface area contributed by atoms with Crippen molar-refractivity contribution in [3.8, 4) is 5.75 Å². The average molecular weight is 311 g/mol. The zero-order chi connectivity index (χ0) is 16.8. The predicted molar refractivity (Wildman–Crippen MR) is 88.8 cm³/mol. The maximum Gasteiger partial charge on any atom is 0.337 e. The molecule has 0 saturated carbocycles. The fourth-order valence-corrected chi connectivity index (χ4v) is 2.20. The number of amides is 1. The summed E-state index contributed by atoms with van der Waals surface area (Å²) >= 11 is 0. The molecule has 5 heteroatoms. The number of carboxylic acid groups (broad SMARTS) is 1. The van der Waals surface area contributed by atoms with Gasteiger partial charge in [-0.25, -0.2) is 4.79 Å². The summed E-state index contributed by atoms with van der Waals surface area (Å²) in [5, 5.41) is 11.7. The third kappa shape index (κ3) is 3.97. The van der Waals surface area contributed by atoms with Gasteiger partial charge in [-0.15, -0.1) is 0 Å². The number of hydrogen-bond acceptors (Lipinski definition) is 3. The average Bonchev–Trinajstić information content (AvgIpc) is 2.53. The number of aromatic carboxylic acids is 1. The third-order valence-electron chi connectivity index (χ3n) is 3.28. The smallest absolute Gasteiger partial charge is 0.337 e. The van der Waals surface area contributed by atoms with Gasteiger partial charge in [-0.3, -0.25) is 4.79 Å². The highest BCUT2D eigenvalue weighted by Gasteiger charge is 2.10. The Labute approximate surface area is 134 Å². The Balaban J connectivity index is 2.18. The molecule has 0 spiro atoms. The van der Waals surface area contributed by atoms with Crippen LogP contribution >= 0.6 is 0 Å². The van der Waals surface area contributed by atoms with Gasteiger partial charge in [0.25, 0.3) is 0 Å². The molecule has 2 rings (SSSR count). The molecule has 0 radical (unpaired) electrons. The fourth-order valence-electron chi connectivity index (χ4n) is 2.20. The van der Waals surface area contributed by atoms with Crippen molar-refractivity contribution in [1.29, 1.82) is 0 Å². The van der Waals surface area contributed by atoms with E-state index >= 15 is 0 Å². The number of methoxy groups -OCH3 is 1. The SMILES string of the molecule is COc1c(C)cccc1/C=C/C(=O)Nc1ccccc1C(=O)O. The van der Waals surface area contributed by atoms with Gasteiger partial charge in [-0.05, 0) is 30.7 Å². The molecule has 2 aromatic carbocycles. The van der Waals surface area contributed by atoms with Crippen LogP contribution < -0.4 is 10.1 Å². The van der Waals surface area contributed by atoms with Gasteiger partial charge < -0.3 is 15.2 Å². The van der Waals surface area contributed by atoms with Crippen LogP contribution in [0.25, 0.3) is 6.08 Å². The molecule has 0 heterocycles. The summed E-state index contributed by atoms with van der Waals surface area (Å²) in [5.41, 5.74) is 2.04. The summed E-state index contributed by atoms with van der Waals surface area (Å²) < 4.78 is 5.32. The largest absolute Gasteiger partial charge is 0.496 e. The molecule has 0 aliphatic heterocycles. The van der Waals surface area contributed by atoms with Gasteiger partial charge in [0.2, 0.25) is 5.91 Å². The molecular weight excluding hydrogens is 294 g/mol. The lowest BCUT2D eigenvalue weighted by Gasteiger charge is -2.08. The van der Waals surface area contributed by atoms with Crippen LogP contribution in [0.4, 0.5) is 5.69 Å².